The zero-order valence-electron chi connectivity index (χ0n) is 14.0. The van der Waals surface area contributed by atoms with Crippen LogP contribution < -0.4 is 4.74 Å². The van der Waals surface area contributed by atoms with E-state index in [0.717, 1.165) is 12.3 Å². The number of aromatic carboxylic acids is 1. The topological polar surface area (TPSA) is 46.5 Å². The van der Waals surface area contributed by atoms with Gasteiger partial charge in [-0.2, -0.15) is 0 Å². The summed E-state index contributed by atoms with van der Waals surface area (Å²) in [5.41, 5.74) is 0.280. The van der Waals surface area contributed by atoms with E-state index in [1.807, 2.05) is 6.07 Å². The minimum Gasteiger partial charge on any atom is -0.494 e. The molecule has 3 heteroatoms. The molecule has 0 amide bonds. The van der Waals surface area contributed by atoms with Gasteiger partial charge in [-0.3, -0.25) is 0 Å². The Labute approximate surface area is 134 Å². The molecule has 1 aromatic carbocycles. The average Bonchev–Trinajstić information content (AvgIpc) is 2.51. The second-order valence-electron chi connectivity index (χ2n) is 5.97. The third-order valence-corrected chi connectivity index (χ3v) is 4.04. The summed E-state index contributed by atoms with van der Waals surface area (Å²) in [5, 5.41) is 8.98. The second kappa shape index (κ2) is 11.1. The molecule has 0 aliphatic heterocycles. The van der Waals surface area contributed by atoms with Gasteiger partial charge in [-0.15, -0.1) is 0 Å². The van der Waals surface area contributed by atoms with Gasteiger partial charge in [0.25, 0.3) is 0 Å². The number of benzene rings is 1. The van der Waals surface area contributed by atoms with E-state index in [1.165, 1.54) is 44.9 Å². The van der Waals surface area contributed by atoms with Crippen LogP contribution >= 0.6 is 0 Å². The summed E-state index contributed by atoms with van der Waals surface area (Å²) in [4.78, 5) is 10.9. The Morgan fingerprint density at radius 1 is 1.09 bits per heavy atom. The van der Waals surface area contributed by atoms with Crippen molar-refractivity contribution in [2.45, 2.75) is 65.2 Å². The van der Waals surface area contributed by atoms with Crippen molar-refractivity contribution >= 4 is 5.97 Å². The van der Waals surface area contributed by atoms with Crippen LogP contribution in [0.25, 0.3) is 0 Å². The molecule has 1 N–H and O–H groups in total. The standard InChI is InChI=1S/C19H30O3/c1-3-5-6-7-10-16(9-4-2)13-14-22-18-12-8-11-17(15-18)19(20)21/h8,11-12,15-16H,3-7,9-10,13-14H2,1-2H3,(H,20,21). The molecule has 1 aromatic rings. The van der Waals surface area contributed by atoms with E-state index in [2.05, 4.69) is 13.8 Å². The van der Waals surface area contributed by atoms with E-state index in [1.54, 1.807) is 18.2 Å². The first-order chi connectivity index (χ1) is 10.7. The van der Waals surface area contributed by atoms with Gasteiger partial charge in [-0.25, -0.2) is 4.79 Å². The van der Waals surface area contributed by atoms with Crippen LogP contribution in [0.5, 0.6) is 5.75 Å². The number of rotatable bonds is 12. The number of carboxylic acids is 1. The van der Waals surface area contributed by atoms with E-state index in [4.69, 9.17) is 9.84 Å². The monoisotopic (exact) mass is 306 g/mol. The lowest BCUT2D eigenvalue weighted by molar-refractivity contribution is 0.0696. The van der Waals surface area contributed by atoms with E-state index in [-0.39, 0.29) is 5.56 Å². The number of carboxylic acid groups (broad SMARTS) is 1. The molecule has 1 rings (SSSR count). The average molecular weight is 306 g/mol. The van der Waals surface area contributed by atoms with Gasteiger partial charge in [0.2, 0.25) is 0 Å². The smallest absolute Gasteiger partial charge is 0.335 e. The highest BCUT2D eigenvalue weighted by Crippen LogP contribution is 2.21. The van der Waals surface area contributed by atoms with Crippen molar-refractivity contribution in [3.05, 3.63) is 29.8 Å². The molecule has 0 aliphatic carbocycles. The van der Waals surface area contributed by atoms with Crippen molar-refractivity contribution in [2.75, 3.05) is 6.61 Å². The van der Waals surface area contributed by atoms with Crippen LogP contribution in [0.3, 0.4) is 0 Å². The fraction of sp³-hybridized carbons (Fsp3) is 0.632. The summed E-state index contributed by atoms with van der Waals surface area (Å²) in [6, 6.07) is 6.73. The van der Waals surface area contributed by atoms with Crippen LogP contribution in [0, 0.1) is 5.92 Å². The maximum absolute atomic E-state index is 10.9. The Morgan fingerprint density at radius 3 is 2.59 bits per heavy atom. The molecule has 124 valence electrons. The van der Waals surface area contributed by atoms with Crippen molar-refractivity contribution in [1.82, 2.24) is 0 Å². The lowest BCUT2D eigenvalue weighted by Crippen LogP contribution is -2.08. The Balaban J connectivity index is 2.35. The highest BCUT2D eigenvalue weighted by Gasteiger charge is 2.09. The summed E-state index contributed by atoms with van der Waals surface area (Å²) in [6.07, 6.45) is 10.1. The fourth-order valence-electron chi connectivity index (χ4n) is 2.76. The Kier molecular flexibility index (Phi) is 9.36. The molecule has 0 spiro atoms. The predicted molar refractivity (Wildman–Crippen MR) is 90.7 cm³/mol. The molecule has 0 heterocycles. The Bertz CT molecular complexity index is 428. The number of ether oxygens (including phenoxy) is 1. The van der Waals surface area contributed by atoms with Gasteiger partial charge in [0.15, 0.2) is 0 Å². The first kappa shape index (κ1) is 18.5. The summed E-state index contributed by atoms with van der Waals surface area (Å²) in [7, 11) is 0. The van der Waals surface area contributed by atoms with Gasteiger partial charge in [0, 0.05) is 0 Å². The van der Waals surface area contributed by atoms with Crippen molar-refractivity contribution in [2.24, 2.45) is 5.92 Å². The van der Waals surface area contributed by atoms with Crippen molar-refractivity contribution < 1.29 is 14.6 Å². The molecule has 0 saturated heterocycles. The van der Waals surface area contributed by atoms with E-state index in [0.29, 0.717) is 12.4 Å². The van der Waals surface area contributed by atoms with Crippen molar-refractivity contribution in [1.29, 1.82) is 0 Å². The van der Waals surface area contributed by atoms with Gasteiger partial charge in [-0.05, 0) is 30.5 Å². The van der Waals surface area contributed by atoms with E-state index >= 15 is 0 Å². The normalized spacial score (nSPS) is 12.1. The van der Waals surface area contributed by atoms with Crippen LogP contribution in [0.1, 0.15) is 75.6 Å². The van der Waals surface area contributed by atoms with E-state index < -0.39 is 5.97 Å². The van der Waals surface area contributed by atoms with Crippen LogP contribution in [0.2, 0.25) is 0 Å². The first-order valence-electron chi connectivity index (χ1n) is 8.63. The Hall–Kier alpha value is -1.51. The molecule has 0 fully saturated rings. The second-order valence-corrected chi connectivity index (χ2v) is 5.97. The zero-order chi connectivity index (χ0) is 16.2. The largest absolute Gasteiger partial charge is 0.494 e. The molecule has 1 unspecified atom stereocenters. The van der Waals surface area contributed by atoms with Gasteiger partial charge in [0.1, 0.15) is 5.75 Å². The molecule has 0 saturated carbocycles. The molecule has 0 bridgehead atoms. The molecule has 0 aliphatic rings. The van der Waals surface area contributed by atoms with E-state index in [9.17, 15) is 4.79 Å². The molecular formula is C19H30O3. The van der Waals surface area contributed by atoms with Crippen LogP contribution in [-0.4, -0.2) is 17.7 Å². The highest BCUT2D eigenvalue weighted by molar-refractivity contribution is 5.87. The summed E-state index contributed by atoms with van der Waals surface area (Å²) >= 11 is 0. The first-order valence-corrected chi connectivity index (χ1v) is 8.63. The lowest BCUT2D eigenvalue weighted by atomic mass is 9.93. The SMILES string of the molecule is CCCCCCC(CCC)CCOc1cccc(C(=O)O)c1. The summed E-state index contributed by atoms with van der Waals surface area (Å²) < 4.78 is 5.74. The fourth-order valence-corrected chi connectivity index (χ4v) is 2.76. The van der Waals surface area contributed by atoms with Gasteiger partial charge in [-0.1, -0.05) is 64.9 Å². The maximum Gasteiger partial charge on any atom is 0.335 e. The maximum atomic E-state index is 10.9. The molecular weight excluding hydrogens is 276 g/mol. The molecule has 0 aromatic heterocycles. The Morgan fingerprint density at radius 2 is 1.91 bits per heavy atom. The molecule has 0 radical (unpaired) electrons. The quantitative estimate of drug-likeness (QED) is 0.516. The third-order valence-electron chi connectivity index (χ3n) is 4.04. The summed E-state index contributed by atoms with van der Waals surface area (Å²) in [6.45, 7) is 5.14. The van der Waals surface area contributed by atoms with Gasteiger partial charge in [0.05, 0.1) is 12.2 Å². The van der Waals surface area contributed by atoms with Crippen molar-refractivity contribution in [3.8, 4) is 5.75 Å². The van der Waals surface area contributed by atoms with Crippen LogP contribution in [0.4, 0.5) is 0 Å². The lowest BCUT2D eigenvalue weighted by Gasteiger charge is -2.16. The number of carbonyl (C=O) groups is 1. The number of hydrogen-bond acceptors (Lipinski definition) is 2. The van der Waals surface area contributed by atoms with Crippen LogP contribution in [-0.2, 0) is 0 Å². The molecule has 1 atom stereocenters. The highest BCUT2D eigenvalue weighted by atomic mass is 16.5. The summed E-state index contributed by atoms with van der Waals surface area (Å²) in [5.74, 6) is 0.468. The third kappa shape index (κ3) is 7.48. The van der Waals surface area contributed by atoms with Crippen LogP contribution in [0.15, 0.2) is 24.3 Å². The minimum atomic E-state index is -0.912. The zero-order valence-corrected chi connectivity index (χ0v) is 14.0. The molecule has 22 heavy (non-hydrogen) atoms. The van der Waals surface area contributed by atoms with Gasteiger partial charge >= 0.3 is 5.97 Å². The molecule has 3 nitrogen and oxygen atoms in total. The predicted octanol–water partition coefficient (Wildman–Crippen LogP) is 5.54. The number of unbranched alkanes of at least 4 members (excludes halogenated alkanes) is 3. The minimum absolute atomic E-state index is 0.280. The van der Waals surface area contributed by atoms with Crippen molar-refractivity contribution in [3.63, 3.8) is 0 Å². The van der Waals surface area contributed by atoms with Gasteiger partial charge < -0.3 is 9.84 Å². The number of hydrogen-bond donors (Lipinski definition) is 1.